The van der Waals surface area contributed by atoms with Crippen molar-refractivity contribution in [3.05, 3.63) is 82.2 Å². The molecule has 3 aliphatic rings. The molecule has 1 unspecified atom stereocenters. The normalized spacial score (nSPS) is 22.4. The fraction of sp³-hybridized carbons (Fsp3) is 0.419. The van der Waals surface area contributed by atoms with Gasteiger partial charge in [0.15, 0.2) is 0 Å². The molecule has 0 bridgehead atoms. The van der Waals surface area contributed by atoms with Crippen LogP contribution in [0.4, 0.5) is 10.5 Å². The lowest BCUT2D eigenvalue weighted by Gasteiger charge is -2.42. The van der Waals surface area contributed by atoms with Gasteiger partial charge in [0.25, 0.3) is 15.9 Å². The van der Waals surface area contributed by atoms with Crippen LogP contribution in [0.1, 0.15) is 35.1 Å². The number of carbonyl (C=O) groups is 2. The third-order valence-electron chi connectivity index (χ3n) is 8.77. The van der Waals surface area contributed by atoms with E-state index in [0.29, 0.717) is 35.8 Å². The monoisotopic (exact) mass is 608 g/mol. The second kappa shape index (κ2) is 11.1. The zero-order valence-electron chi connectivity index (χ0n) is 24.2. The molecule has 2 saturated heterocycles. The van der Waals surface area contributed by atoms with Crippen molar-refractivity contribution in [2.75, 3.05) is 50.6 Å². The Labute approximate surface area is 251 Å². The van der Waals surface area contributed by atoms with E-state index in [1.165, 1.54) is 6.07 Å². The van der Waals surface area contributed by atoms with E-state index in [4.69, 9.17) is 4.74 Å². The summed E-state index contributed by atoms with van der Waals surface area (Å²) in [6.07, 6.45) is 1.59. The highest BCUT2D eigenvalue weighted by atomic mass is 32.2. The molecule has 222 valence electrons. The van der Waals surface area contributed by atoms with Crippen molar-refractivity contribution in [1.82, 2.24) is 14.7 Å². The number of rotatable bonds is 5. The van der Waals surface area contributed by atoms with Gasteiger partial charge < -0.3 is 14.5 Å². The lowest BCUT2D eigenvalue weighted by atomic mass is 9.84. The maximum atomic E-state index is 14.6. The van der Waals surface area contributed by atoms with Crippen molar-refractivity contribution < 1.29 is 22.7 Å². The molecule has 0 N–H and O–H groups in total. The minimum absolute atomic E-state index is 0.0410. The molecule has 3 aliphatic heterocycles. The van der Waals surface area contributed by atoms with E-state index < -0.39 is 27.6 Å². The van der Waals surface area contributed by atoms with Gasteiger partial charge in [-0.05, 0) is 76.0 Å². The van der Waals surface area contributed by atoms with Gasteiger partial charge >= 0.3 is 6.09 Å². The first kappa shape index (κ1) is 28.9. The number of benzene rings is 2. The Morgan fingerprint density at radius 2 is 1.64 bits per heavy atom. The molecule has 1 atom stereocenters. The summed E-state index contributed by atoms with van der Waals surface area (Å²) in [5, 5.41) is 1.66. The first-order valence-electron chi connectivity index (χ1n) is 14.3. The number of carbonyl (C=O) groups excluding carboxylic acids is 2. The van der Waals surface area contributed by atoms with E-state index in [-0.39, 0.29) is 9.90 Å². The number of likely N-dealkylation sites (tertiary alicyclic amines) is 1. The summed E-state index contributed by atoms with van der Waals surface area (Å²) in [4.78, 5) is 35.0. The average Bonchev–Trinajstić information content (AvgIpc) is 3.61. The Morgan fingerprint density at radius 1 is 0.929 bits per heavy atom. The number of hydrogen-bond acceptors (Lipinski definition) is 8. The molecule has 0 radical (unpaired) electrons. The molecule has 6 rings (SSSR count). The molecule has 3 aromatic rings. The smallest absolute Gasteiger partial charge is 0.411 e. The maximum absolute atomic E-state index is 14.6. The second-order valence-corrected chi connectivity index (χ2v) is 14.4. The summed E-state index contributed by atoms with van der Waals surface area (Å²) in [6.45, 7) is 8.24. The molecule has 9 nitrogen and oxygen atoms in total. The predicted molar refractivity (Wildman–Crippen MR) is 162 cm³/mol. The molecule has 4 heterocycles. The number of nitrogens with zero attached hydrogens (tertiary/aromatic N) is 4. The molecular weight excluding hydrogens is 572 g/mol. The molecule has 1 aromatic heterocycles. The third-order valence-corrected chi connectivity index (χ3v) is 11.8. The van der Waals surface area contributed by atoms with Crippen LogP contribution in [-0.2, 0) is 25.2 Å². The summed E-state index contributed by atoms with van der Waals surface area (Å²) in [7, 11) is -2.12. The Balaban J connectivity index is 1.37. The number of ether oxygens (including phenoxy) is 1. The van der Waals surface area contributed by atoms with Gasteiger partial charge in [0.2, 0.25) is 5.60 Å². The van der Waals surface area contributed by atoms with Crippen LogP contribution >= 0.6 is 11.3 Å². The largest absolute Gasteiger partial charge is 0.422 e. The fourth-order valence-corrected chi connectivity index (χ4v) is 8.94. The number of piperidine rings is 1. The van der Waals surface area contributed by atoms with Gasteiger partial charge in [-0.2, -0.15) is 12.7 Å². The molecule has 0 aliphatic carbocycles. The third kappa shape index (κ3) is 4.82. The quantitative estimate of drug-likeness (QED) is 0.429. The molecule has 42 heavy (non-hydrogen) atoms. The molecule has 2 fully saturated rings. The van der Waals surface area contributed by atoms with E-state index in [1.807, 2.05) is 26.0 Å². The van der Waals surface area contributed by atoms with Crippen molar-refractivity contribution in [1.29, 1.82) is 0 Å². The Bertz CT molecular complexity index is 1590. The number of thiophene rings is 1. The molecule has 0 saturated carbocycles. The lowest BCUT2D eigenvalue weighted by Crippen LogP contribution is -2.55. The zero-order valence-corrected chi connectivity index (χ0v) is 25.8. The molecule has 11 heteroatoms. The summed E-state index contributed by atoms with van der Waals surface area (Å²) in [5.74, 6) is -0.816. The number of fused-ring (bicyclic) bond motifs is 1. The first-order valence-corrected chi connectivity index (χ1v) is 16.7. The van der Waals surface area contributed by atoms with Crippen molar-refractivity contribution in [3.63, 3.8) is 0 Å². The van der Waals surface area contributed by atoms with E-state index in [1.54, 1.807) is 46.7 Å². The topological polar surface area (TPSA) is 90.5 Å². The van der Waals surface area contributed by atoms with Crippen LogP contribution in [0.2, 0.25) is 0 Å². The fourth-order valence-electron chi connectivity index (χ4n) is 6.42. The van der Waals surface area contributed by atoms with Gasteiger partial charge in [-0.3, -0.25) is 9.69 Å². The van der Waals surface area contributed by atoms with Crippen molar-refractivity contribution in [2.24, 2.45) is 0 Å². The van der Waals surface area contributed by atoms with Crippen molar-refractivity contribution in [3.8, 4) is 0 Å². The summed E-state index contributed by atoms with van der Waals surface area (Å²) >= 11 is 1.04. The van der Waals surface area contributed by atoms with Crippen LogP contribution in [0.25, 0.3) is 0 Å². The molecule has 2 amide bonds. The molecular formula is C31H36N4O5S2. The van der Waals surface area contributed by atoms with E-state index >= 15 is 0 Å². The van der Waals surface area contributed by atoms with Gasteiger partial charge in [-0.1, -0.05) is 42.0 Å². The van der Waals surface area contributed by atoms with Gasteiger partial charge in [0, 0.05) is 43.3 Å². The molecule has 0 spiro atoms. The number of piperazine rings is 1. The van der Waals surface area contributed by atoms with Gasteiger partial charge in [-0.25, -0.2) is 4.79 Å². The van der Waals surface area contributed by atoms with Crippen molar-refractivity contribution >= 4 is 39.0 Å². The van der Waals surface area contributed by atoms with Gasteiger partial charge in [-0.15, -0.1) is 11.3 Å². The highest BCUT2D eigenvalue weighted by Crippen LogP contribution is 2.50. The number of aryl methyl sites for hydroxylation is 2. The molecule has 2 aromatic carbocycles. The summed E-state index contributed by atoms with van der Waals surface area (Å²) in [5.41, 5.74) is 0.566. The lowest BCUT2D eigenvalue weighted by molar-refractivity contribution is -0.132. The van der Waals surface area contributed by atoms with Gasteiger partial charge in [0.05, 0.1) is 5.69 Å². The first-order chi connectivity index (χ1) is 20.1. The zero-order chi connectivity index (χ0) is 29.6. The van der Waals surface area contributed by atoms with Crippen LogP contribution in [0.3, 0.4) is 0 Å². The van der Waals surface area contributed by atoms with Crippen LogP contribution < -0.4 is 4.31 Å². The van der Waals surface area contributed by atoms with Crippen LogP contribution in [0.5, 0.6) is 0 Å². The SMILES string of the molecule is Cc1ccc2c(c1)C(OC(=O)N1CCN(C3CCN(C)CC3)CC1)(c1ccccc1C)C(=O)N2S(=O)(=O)c1cccs1. The van der Waals surface area contributed by atoms with Crippen LogP contribution in [0.15, 0.2) is 64.2 Å². The van der Waals surface area contributed by atoms with E-state index in [0.717, 1.165) is 60.2 Å². The number of hydrogen-bond donors (Lipinski definition) is 0. The van der Waals surface area contributed by atoms with E-state index in [9.17, 15) is 18.0 Å². The van der Waals surface area contributed by atoms with Crippen LogP contribution in [-0.4, -0.2) is 87.5 Å². The predicted octanol–water partition coefficient (Wildman–Crippen LogP) is 4.19. The maximum Gasteiger partial charge on any atom is 0.411 e. The standard InChI is InChI=1S/C31H36N4O5S2/c1-22-10-11-27-26(21-22)31(25-8-5-4-7-23(25)2,29(36)35(27)42(38,39)28-9-6-20-41-28)40-30(37)34-18-16-33(17-19-34)24-12-14-32(3)15-13-24/h4-11,20-21,24H,12-19H2,1-3H3. The van der Waals surface area contributed by atoms with E-state index in [2.05, 4.69) is 16.8 Å². The Hall–Kier alpha value is -3.25. The Kier molecular flexibility index (Phi) is 7.63. The minimum Gasteiger partial charge on any atom is -0.422 e. The second-order valence-electron chi connectivity index (χ2n) is 11.4. The van der Waals surface area contributed by atoms with Gasteiger partial charge in [0.1, 0.15) is 4.21 Å². The average molecular weight is 609 g/mol. The number of sulfonamides is 1. The Morgan fingerprint density at radius 3 is 2.31 bits per heavy atom. The highest BCUT2D eigenvalue weighted by Gasteiger charge is 2.60. The summed E-state index contributed by atoms with van der Waals surface area (Å²) < 4.78 is 35.0. The number of amides is 2. The minimum atomic E-state index is -4.26. The number of anilines is 1. The summed E-state index contributed by atoms with van der Waals surface area (Å²) in [6, 6.07) is 16.0. The highest BCUT2D eigenvalue weighted by molar-refractivity contribution is 7.95. The van der Waals surface area contributed by atoms with Crippen molar-refractivity contribution in [2.45, 2.75) is 42.5 Å². The van der Waals surface area contributed by atoms with Crippen LogP contribution in [0, 0.1) is 13.8 Å².